The van der Waals surface area contributed by atoms with Crippen LogP contribution in [0.2, 0.25) is 0 Å². The van der Waals surface area contributed by atoms with Crippen LogP contribution in [0.5, 0.6) is 0 Å². The van der Waals surface area contributed by atoms with E-state index in [2.05, 4.69) is 0 Å². The van der Waals surface area contributed by atoms with E-state index >= 15 is 0 Å². The van der Waals surface area contributed by atoms with Gasteiger partial charge in [-0.2, -0.15) is 0 Å². The third-order valence-corrected chi connectivity index (χ3v) is 4.00. The van der Waals surface area contributed by atoms with Gasteiger partial charge in [0, 0.05) is 39.2 Å². The van der Waals surface area contributed by atoms with Crippen molar-refractivity contribution in [1.82, 2.24) is 14.7 Å². The van der Waals surface area contributed by atoms with Gasteiger partial charge in [-0.25, -0.2) is 0 Å². The highest BCUT2D eigenvalue weighted by atomic mass is 16.2. The highest BCUT2D eigenvalue weighted by molar-refractivity contribution is 5.94. The van der Waals surface area contributed by atoms with E-state index < -0.39 is 6.04 Å². The zero-order chi connectivity index (χ0) is 16.8. The van der Waals surface area contributed by atoms with Crippen LogP contribution in [0.1, 0.15) is 5.56 Å². The van der Waals surface area contributed by atoms with Crippen LogP contribution in [-0.2, 0) is 16.0 Å². The van der Waals surface area contributed by atoms with Crippen molar-refractivity contribution in [1.29, 1.82) is 0 Å². The summed E-state index contributed by atoms with van der Waals surface area (Å²) in [5, 5.41) is 0. The molecule has 1 aromatic carbocycles. The summed E-state index contributed by atoms with van der Waals surface area (Å²) in [6.45, 7) is 1.86. The molecule has 1 unspecified atom stereocenters. The number of rotatable bonds is 5. The molecule has 1 aromatic rings. The topological polar surface area (TPSA) is 43.9 Å². The smallest absolute Gasteiger partial charge is 0.247 e. The van der Waals surface area contributed by atoms with Gasteiger partial charge in [0.05, 0.1) is 0 Å². The molecule has 2 rings (SSSR count). The highest BCUT2D eigenvalue weighted by Crippen LogP contribution is 2.16. The largest absolute Gasteiger partial charge is 0.342 e. The Kier molecular flexibility index (Phi) is 5.93. The minimum Gasteiger partial charge on any atom is -0.342 e. The number of carbonyl (C=O) groups excluding carboxylic acids is 2. The Morgan fingerprint density at radius 2 is 1.96 bits per heavy atom. The summed E-state index contributed by atoms with van der Waals surface area (Å²) in [7, 11) is 5.70. The van der Waals surface area contributed by atoms with Crippen LogP contribution in [0.3, 0.4) is 0 Å². The number of hydrogen-bond acceptors (Lipinski definition) is 3. The summed E-state index contributed by atoms with van der Waals surface area (Å²) in [4.78, 5) is 30.4. The van der Waals surface area contributed by atoms with E-state index in [0.717, 1.165) is 5.56 Å². The molecule has 1 fully saturated rings. The summed E-state index contributed by atoms with van der Waals surface area (Å²) < 4.78 is 0. The predicted molar refractivity (Wildman–Crippen MR) is 91.0 cm³/mol. The molecule has 0 spiro atoms. The Bertz CT molecular complexity index is 569. The van der Waals surface area contributed by atoms with E-state index in [1.54, 1.807) is 22.9 Å². The maximum Gasteiger partial charge on any atom is 0.247 e. The maximum atomic E-state index is 12.5. The van der Waals surface area contributed by atoms with Crippen molar-refractivity contribution < 1.29 is 9.59 Å². The lowest BCUT2D eigenvalue weighted by Crippen LogP contribution is -2.58. The molecule has 1 saturated heterocycles. The van der Waals surface area contributed by atoms with E-state index in [1.807, 2.05) is 55.4 Å². The van der Waals surface area contributed by atoms with Crippen LogP contribution in [0, 0.1) is 0 Å². The molecule has 0 bridgehead atoms. The number of hydrogen-bond donors (Lipinski definition) is 0. The van der Waals surface area contributed by atoms with Gasteiger partial charge in [0.15, 0.2) is 0 Å². The first-order valence-corrected chi connectivity index (χ1v) is 7.90. The molecule has 1 aliphatic heterocycles. The number of amides is 2. The first-order valence-electron chi connectivity index (χ1n) is 7.90. The fraction of sp³-hybridized carbons (Fsp3) is 0.444. The third-order valence-electron chi connectivity index (χ3n) is 4.00. The minimum absolute atomic E-state index is 0.00876. The van der Waals surface area contributed by atoms with Gasteiger partial charge in [-0.1, -0.05) is 36.4 Å². The zero-order valence-electron chi connectivity index (χ0n) is 14.1. The lowest BCUT2D eigenvalue weighted by molar-refractivity contribution is -0.147. The number of piperazine rings is 1. The number of carbonyl (C=O) groups is 2. The first-order chi connectivity index (χ1) is 11.0. The lowest BCUT2D eigenvalue weighted by atomic mass is 10.0. The fourth-order valence-electron chi connectivity index (χ4n) is 2.67. The van der Waals surface area contributed by atoms with Crippen molar-refractivity contribution in [2.75, 3.05) is 40.8 Å². The van der Waals surface area contributed by atoms with Crippen LogP contribution in [0.4, 0.5) is 0 Å². The molecule has 1 heterocycles. The van der Waals surface area contributed by atoms with Crippen molar-refractivity contribution in [3.63, 3.8) is 0 Å². The monoisotopic (exact) mass is 315 g/mol. The van der Waals surface area contributed by atoms with E-state index in [9.17, 15) is 9.59 Å². The van der Waals surface area contributed by atoms with E-state index in [1.165, 1.54) is 0 Å². The van der Waals surface area contributed by atoms with Crippen molar-refractivity contribution in [3.05, 3.63) is 48.0 Å². The first kappa shape index (κ1) is 17.2. The molecule has 0 N–H and O–H groups in total. The van der Waals surface area contributed by atoms with Gasteiger partial charge in [0.1, 0.15) is 6.04 Å². The molecule has 23 heavy (non-hydrogen) atoms. The number of benzene rings is 1. The van der Waals surface area contributed by atoms with Gasteiger partial charge in [0.2, 0.25) is 11.8 Å². The third kappa shape index (κ3) is 4.66. The predicted octanol–water partition coefficient (Wildman–Crippen LogP) is 1.02. The maximum absolute atomic E-state index is 12.5. The van der Waals surface area contributed by atoms with Gasteiger partial charge in [-0.3, -0.25) is 9.59 Å². The molecule has 0 saturated carbocycles. The van der Waals surface area contributed by atoms with Gasteiger partial charge in [-0.15, -0.1) is 0 Å². The second-order valence-electron chi connectivity index (χ2n) is 6.16. The van der Waals surface area contributed by atoms with Crippen molar-refractivity contribution in [2.45, 2.75) is 12.5 Å². The molecular formula is C18H25N3O2. The van der Waals surface area contributed by atoms with Crippen LogP contribution >= 0.6 is 0 Å². The summed E-state index contributed by atoms with van der Waals surface area (Å²) in [6.07, 6.45) is 3.97. The molecule has 0 radical (unpaired) electrons. The van der Waals surface area contributed by atoms with Crippen LogP contribution < -0.4 is 0 Å². The molecular weight excluding hydrogens is 290 g/mol. The average Bonchev–Trinajstić information content (AvgIpc) is 2.52. The SMILES string of the molecule is CN(C)C/C=C/C(=O)N1CCN(C)C(=O)C1Cc1ccccc1. The van der Waals surface area contributed by atoms with E-state index in [-0.39, 0.29) is 11.8 Å². The van der Waals surface area contributed by atoms with Crippen LogP contribution in [-0.4, -0.2) is 73.3 Å². The summed E-state index contributed by atoms with van der Waals surface area (Å²) in [6, 6.07) is 9.42. The second kappa shape index (κ2) is 7.92. The number of likely N-dealkylation sites (N-methyl/N-ethyl adjacent to an activating group) is 2. The lowest BCUT2D eigenvalue weighted by Gasteiger charge is -2.38. The van der Waals surface area contributed by atoms with E-state index in [4.69, 9.17) is 0 Å². The fourth-order valence-corrected chi connectivity index (χ4v) is 2.67. The van der Waals surface area contributed by atoms with Crippen molar-refractivity contribution in [2.24, 2.45) is 0 Å². The minimum atomic E-state index is -0.423. The average molecular weight is 315 g/mol. The van der Waals surface area contributed by atoms with E-state index in [0.29, 0.717) is 26.1 Å². The number of nitrogens with zero attached hydrogens (tertiary/aromatic N) is 3. The van der Waals surface area contributed by atoms with Gasteiger partial charge in [0.25, 0.3) is 0 Å². The van der Waals surface area contributed by atoms with Crippen LogP contribution in [0.15, 0.2) is 42.5 Å². The van der Waals surface area contributed by atoms with Crippen LogP contribution in [0.25, 0.3) is 0 Å². The standard InChI is InChI=1S/C18H25N3O2/c1-19(2)11-7-10-17(22)21-13-12-20(3)18(23)16(21)14-15-8-5-4-6-9-15/h4-10,16H,11-14H2,1-3H3/b10-7+. The molecule has 5 heteroatoms. The van der Waals surface area contributed by atoms with Gasteiger partial charge >= 0.3 is 0 Å². The molecule has 0 aliphatic carbocycles. The summed E-state index contributed by atoms with van der Waals surface area (Å²) >= 11 is 0. The molecule has 5 nitrogen and oxygen atoms in total. The Hall–Kier alpha value is -2.14. The Balaban J connectivity index is 2.13. The van der Waals surface area contributed by atoms with Crippen molar-refractivity contribution >= 4 is 11.8 Å². The second-order valence-corrected chi connectivity index (χ2v) is 6.16. The molecule has 0 aromatic heterocycles. The Morgan fingerprint density at radius 3 is 2.61 bits per heavy atom. The molecule has 1 atom stereocenters. The molecule has 2 amide bonds. The van der Waals surface area contributed by atoms with Crippen molar-refractivity contribution in [3.8, 4) is 0 Å². The quantitative estimate of drug-likeness (QED) is 0.762. The molecule has 1 aliphatic rings. The normalized spacial score (nSPS) is 19.0. The zero-order valence-corrected chi connectivity index (χ0v) is 14.1. The molecule has 124 valence electrons. The highest BCUT2D eigenvalue weighted by Gasteiger charge is 2.35. The van der Waals surface area contributed by atoms with Gasteiger partial charge in [-0.05, 0) is 19.7 Å². The van der Waals surface area contributed by atoms with Gasteiger partial charge < -0.3 is 14.7 Å². The summed E-state index contributed by atoms with van der Waals surface area (Å²) in [5.74, 6) is -0.0799. The summed E-state index contributed by atoms with van der Waals surface area (Å²) in [5.41, 5.74) is 1.07. The Morgan fingerprint density at radius 1 is 1.26 bits per heavy atom. The Labute approximate surface area is 138 Å².